The number of hydrogen-bond acceptors (Lipinski definition) is 3. The van der Waals surface area contributed by atoms with E-state index in [4.69, 9.17) is 4.74 Å². The largest absolute Gasteiger partial charge is 0.380 e. The molecule has 2 N–H and O–H groups in total. The zero-order chi connectivity index (χ0) is 14.8. The molecule has 0 saturated carbocycles. The molecule has 0 unspecified atom stereocenters. The van der Waals surface area contributed by atoms with Gasteiger partial charge in [0.2, 0.25) is 5.91 Å². The molecule has 1 rings (SSSR count). The van der Waals surface area contributed by atoms with E-state index in [-0.39, 0.29) is 5.91 Å². The van der Waals surface area contributed by atoms with Crippen LogP contribution in [-0.4, -0.2) is 32.2 Å². The lowest BCUT2D eigenvalue weighted by Gasteiger charge is -2.08. The van der Waals surface area contributed by atoms with Gasteiger partial charge < -0.3 is 15.4 Å². The fraction of sp³-hybridized carbons (Fsp3) is 0.533. The molecule has 0 bridgehead atoms. The first kappa shape index (κ1) is 17.1. The van der Waals surface area contributed by atoms with E-state index in [0.29, 0.717) is 25.6 Å². The maximum Gasteiger partial charge on any atom is 0.238 e. The van der Waals surface area contributed by atoms with Crippen LogP contribution in [0.3, 0.4) is 0 Å². The zero-order valence-corrected chi connectivity index (χ0v) is 13.7. The highest BCUT2D eigenvalue weighted by Gasteiger charge is 2.01. The van der Waals surface area contributed by atoms with Gasteiger partial charge in [0.15, 0.2) is 0 Å². The summed E-state index contributed by atoms with van der Waals surface area (Å²) in [6, 6.07) is 7.51. The number of benzene rings is 1. The van der Waals surface area contributed by atoms with E-state index < -0.39 is 0 Å². The highest BCUT2D eigenvalue weighted by atomic mass is 79.9. The zero-order valence-electron chi connectivity index (χ0n) is 12.1. The van der Waals surface area contributed by atoms with Crippen molar-refractivity contribution in [1.29, 1.82) is 0 Å². The van der Waals surface area contributed by atoms with Gasteiger partial charge >= 0.3 is 0 Å². The molecular weight excluding hydrogens is 320 g/mol. The van der Waals surface area contributed by atoms with E-state index in [2.05, 4.69) is 40.4 Å². The molecule has 0 radical (unpaired) electrons. The van der Waals surface area contributed by atoms with Gasteiger partial charge in [-0.25, -0.2) is 0 Å². The second-order valence-electron chi connectivity index (χ2n) is 5.03. The number of carbonyl (C=O) groups is 1. The summed E-state index contributed by atoms with van der Waals surface area (Å²) >= 11 is 3.35. The van der Waals surface area contributed by atoms with Gasteiger partial charge in [0.1, 0.15) is 0 Å². The molecule has 0 aliphatic carbocycles. The molecule has 4 nitrogen and oxygen atoms in total. The molecule has 0 aliphatic heterocycles. The van der Waals surface area contributed by atoms with Crippen molar-refractivity contribution in [2.24, 2.45) is 5.92 Å². The summed E-state index contributed by atoms with van der Waals surface area (Å²) < 4.78 is 6.45. The van der Waals surface area contributed by atoms with Crippen LogP contribution in [0.5, 0.6) is 0 Å². The summed E-state index contributed by atoms with van der Waals surface area (Å²) in [5.41, 5.74) is 0.799. The molecule has 0 aromatic heterocycles. The van der Waals surface area contributed by atoms with Crippen molar-refractivity contribution in [2.75, 3.05) is 31.6 Å². The van der Waals surface area contributed by atoms with Crippen molar-refractivity contribution >= 4 is 27.5 Å². The van der Waals surface area contributed by atoms with Crippen molar-refractivity contribution in [2.45, 2.75) is 20.3 Å². The van der Waals surface area contributed by atoms with Crippen LogP contribution in [0.4, 0.5) is 5.69 Å². The lowest BCUT2D eigenvalue weighted by atomic mass is 10.1. The van der Waals surface area contributed by atoms with E-state index in [1.807, 2.05) is 24.3 Å². The monoisotopic (exact) mass is 342 g/mol. The summed E-state index contributed by atoms with van der Waals surface area (Å²) in [6.07, 6.45) is 1.07. The molecule has 20 heavy (non-hydrogen) atoms. The number of halogens is 1. The molecule has 0 fully saturated rings. The van der Waals surface area contributed by atoms with E-state index in [1.165, 1.54) is 0 Å². The van der Waals surface area contributed by atoms with Gasteiger partial charge in [-0.2, -0.15) is 0 Å². The fourth-order valence-corrected chi connectivity index (χ4v) is 1.77. The number of amides is 1. The van der Waals surface area contributed by atoms with Crippen molar-refractivity contribution in [3.05, 3.63) is 28.7 Å². The molecule has 0 atom stereocenters. The smallest absolute Gasteiger partial charge is 0.238 e. The Bertz CT molecular complexity index is 393. The molecule has 1 aromatic rings. The first-order valence-electron chi connectivity index (χ1n) is 6.92. The molecule has 0 saturated heterocycles. The number of nitrogens with one attached hydrogen (secondary N) is 2. The van der Waals surface area contributed by atoms with Gasteiger partial charge in [-0.3, -0.25) is 4.79 Å². The molecule has 0 spiro atoms. The quantitative estimate of drug-likeness (QED) is 0.678. The van der Waals surface area contributed by atoms with Crippen molar-refractivity contribution in [3.63, 3.8) is 0 Å². The Balaban J connectivity index is 2.04. The van der Waals surface area contributed by atoms with Gasteiger partial charge in [-0.05, 0) is 36.6 Å². The van der Waals surface area contributed by atoms with Gasteiger partial charge in [0.05, 0.1) is 13.2 Å². The predicted octanol–water partition coefficient (Wildman–Crippen LogP) is 3.04. The van der Waals surface area contributed by atoms with E-state index in [9.17, 15) is 4.79 Å². The summed E-state index contributed by atoms with van der Waals surface area (Å²) in [5.74, 6) is 0.620. The Labute approximate surface area is 129 Å². The molecule has 0 heterocycles. The summed E-state index contributed by atoms with van der Waals surface area (Å²) in [5, 5.41) is 5.88. The molecular formula is C15H23BrN2O2. The number of carbonyl (C=O) groups excluding carboxylic acids is 1. The Morgan fingerprint density at radius 1 is 1.25 bits per heavy atom. The van der Waals surface area contributed by atoms with Crippen molar-refractivity contribution in [3.8, 4) is 0 Å². The number of rotatable bonds is 9. The summed E-state index contributed by atoms with van der Waals surface area (Å²) in [7, 11) is 0. The average molecular weight is 343 g/mol. The van der Waals surface area contributed by atoms with E-state index in [0.717, 1.165) is 23.2 Å². The van der Waals surface area contributed by atoms with Gasteiger partial charge in [0.25, 0.3) is 0 Å². The van der Waals surface area contributed by atoms with Crippen LogP contribution in [0.2, 0.25) is 0 Å². The fourth-order valence-electron chi connectivity index (χ4n) is 1.51. The number of ether oxygens (including phenoxy) is 1. The van der Waals surface area contributed by atoms with Crippen molar-refractivity contribution in [1.82, 2.24) is 5.32 Å². The van der Waals surface area contributed by atoms with Gasteiger partial charge in [-0.15, -0.1) is 0 Å². The third-order valence-corrected chi connectivity index (χ3v) is 3.20. The molecule has 5 heteroatoms. The second-order valence-corrected chi connectivity index (χ2v) is 5.94. The van der Waals surface area contributed by atoms with Gasteiger partial charge in [0, 0.05) is 23.3 Å². The highest BCUT2D eigenvalue weighted by Crippen LogP contribution is 2.13. The number of anilines is 1. The molecule has 112 valence electrons. The third kappa shape index (κ3) is 8.30. The Kier molecular flexibility index (Phi) is 8.49. The van der Waals surface area contributed by atoms with E-state index >= 15 is 0 Å². The number of hydrogen-bond donors (Lipinski definition) is 2. The Hall–Kier alpha value is -0.910. The normalized spacial score (nSPS) is 10.8. The Morgan fingerprint density at radius 2 is 1.95 bits per heavy atom. The molecule has 1 amide bonds. The van der Waals surface area contributed by atoms with Crippen LogP contribution in [0.1, 0.15) is 20.3 Å². The average Bonchev–Trinajstić information content (AvgIpc) is 2.40. The molecule has 1 aromatic carbocycles. The minimum Gasteiger partial charge on any atom is -0.380 e. The minimum absolute atomic E-state index is 0.0468. The van der Waals surface area contributed by atoms with Crippen LogP contribution < -0.4 is 10.6 Å². The van der Waals surface area contributed by atoms with E-state index in [1.54, 1.807) is 0 Å². The standard InChI is InChI=1S/C15H23BrN2O2/c1-12(2)7-9-20-10-8-17-11-15(19)18-14-5-3-13(16)4-6-14/h3-6,12,17H,7-11H2,1-2H3,(H,18,19). The lowest BCUT2D eigenvalue weighted by molar-refractivity contribution is -0.115. The maximum atomic E-state index is 11.6. The second kappa shape index (κ2) is 9.91. The maximum absolute atomic E-state index is 11.6. The van der Waals surface area contributed by atoms with Gasteiger partial charge in [-0.1, -0.05) is 29.8 Å². The first-order valence-corrected chi connectivity index (χ1v) is 7.71. The Morgan fingerprint density at radius 3 is 2.60 bits per heavy atom. The third-order valence-electron chi connectivity index (χ3n) is 2.68. The van der Waals surface area contributed by atoms with Crippen LogP contribution in [0.15, 0.2) is 28.7 Å². The van der Waals surface area contributed by atoms with Crippen LogP contribution >= 0.6 is 15.9 Å². The topological polar surface area (TPSA) is 50.4 Å². The van der Waals surface area contributed by atoms with Crippen molar-refractivity contribution < 1.29 is 9.53 Å². The molecule has 0 aliphatic rings. The minimum atomic E-state index is -0.0468. The SMILES string of the molecule is CC(C)CCOCCNCC(=O)Nc1ccc(Br)cc1. The van der Waals surface area contributed by atoms with Crippen LogP contribution in [0, 0.1) is 5.92 Å². The first-order chi connectivity index (χ1) is 9.58. The van der Waals surface area contributed by atoms with Crippen LogP contribution in [0.25, 0.3) is 0 Å². The summed E-state index contributed by atoms with van der Waals surface area (Å²) in [4.78, 5) is 11.6. The van der Waals surface area contributed by atoms with Crippen LogP contribution in [-0.2, 0) is 9.53 Å². The highest BCUT2D eigenvalue weighted by molar-refractivity contribution is 9.10. The summed E-state index contributed by atoms with van der Waals surface area (Å²) in [6.45, 7) is 6.75. The predicted molar refractivity (Wildman–Crippen MR) is 85.9 cm³/mol. The lowest BCUT2D eigenvalue weighted by Crippen LogP contribution is -2.30.